The van der Waals surface area contributed by atoms with E-state index in [0.717, 1.165) is 28.8 Å². The summed E-state index contributed by atoms with van der Waals surface area (Å²) in [6.45, 7) is 0. The van der Waals surface area contributed by atoms with Crippen molar-refractivity contribution < 1.29 is 19.0 Å². The number of benzene rings is 1. The van der Waals surface area contributed by atoms with Gasteiger partial charge in [-0.3, -0.25) is 9.78 Å². The van der Waals surface area contributed by atoms with E-state index < -0.39 is 0 Å². The molecule has 1 aliphatic rings. The highest BCUT2D eigenvalue weighted by Gasteiger charge is 2.32. The van der Waals surface area contributed by atoms with Crippen LogP contribution >= 0.6 is 12.2 Å². The second kappa shape index (κ2) is 11.0. The molecule has 1 aromatic carbocycles. The Kier molecular flexibility index (Phi) is 8.18. The maximum absolute atomic E-state index is 12.7. The highest BCUT2D eigenvalue weighted by molar-refractivity contribution is 7.80. The molecular formula is C25H29NO4S. The predicted molar refractivity (Wildman–Crippen MR) is 126 cm³/mol. The number of allylic oxidation sites excluding steroid dienone is 1. The topological polar surface area (TPSA) is 57.7 Å². The van der Waals surface area contributed by atoms with Crippen LogP contribution in [-0.2, 0) is 11.2 Å². The molecule has 1 heterocycles. The van der Waals surface area contributed by atoms with E-state index in [-0.39, 0.29) is 5.78 Å². The molecule has 0 spiro atoms. The third-order valence-corrected chi connectivity index (χ3v) is 5.83. The molecule has 0 N–H and O–H groups in total. The fraction of sp³-hybridized carbons (Fsp3) is 0.400. The number of rotatable bonds is 12. The molecule has 1 atom stereocenters. The fourth-order valence-electron chi connectivity index (χ4n) is 3.78. The van der Waals surface area contributed by atoms with Gasteiger partial charge in [-0.25, -0.2) is 0 Å². The lowest BCUT2D eigenvalue weighted by Gasteiger charge is -2.15. The zero-order chi connectivity index (χ0) is 22.2. The van der Waals surface area contributed by atoms with E-state index >= 15 is 0 Å². The average molecular weight is 440 g/mol. The van der Waals surface area contributed by atoms with Crippen molar-refractivity contribution >= 4 is 28.9 Å². The minimum absolute atomic E-state index is 0.106. The Labute approximate surface area is 189 Å². The van der Waals surface area contributed by atoms with Crippen molar-refractivity contribution in [1.29, 1.82) is 0 Å². The van der Waals surface area contributed by atoms with Crippen LogP contribution in [0.1, 0.15) is 36.8 Å². The third kappa shape index (κ3) is 6.62. The Balaban J connectivity index is 1.62. The Bertz CT molecular complexity index is 913. The molecule has 5 nitrogen and oxygen atoms in total. The molecule has 1 fully saturated rings. The monoisotopic (exact) mass is 439 g/mol. The van der Waals surface area contributed by atoms with Crippen LogP contribution in [0.3, 0.4) is 0 Å². The SMILES string of the molecule is COc1cc(/C=C/C(=O)CC(CC(=S)Cc2cccnc2)C2CC2)cc(OC)c1OC. The standard InChI is InChI=1S/C25H29NO4S/c1-28-23-12-17(13-24(29-2)25(23)30-3)6-9-21(27)14-20(19-7-8-19)15-22(31)11-18-5-4-10-26-16-18/h4-6,9-10,12-13,16,19-20H,7-8,11,14-15H2,1-3H3/b9-6+. The Hall–Kier alpha value is -2.73. The van der Waals surface area contributed by atoms with Crippen LogP contribution in [0.2, 0.25) is 0 Å². The lowest BCUT2D eigenvalue weighted by atomic mass is 9.90. The summed E-state index contributed by atoms with van der Waals surface area (Å²) in [5.41, 5.74) is 1.94. The summed E-state index contributed by atoms with van der Waals surface area (Å²) < 4.78 is 16.1. The minimum atomic E-state index is 0.106. The highest BCUT2D eigenvalue weighted by Crippen LogP contribution is 2.41. The number of hydrogen-bond acceptors (Lipinski definition) is 6. The smallest absolute Gasteiger partial charge is 0.203 e. The average Bonchev–Trinajstić information content (AvgIpc) is 3.62. The lowest BCUT2D eigenvalue weighted by Crippen LogP contribution is -2.14. The molecule has 0 saturated heterocycles. The number of nitrogens with zero attached hydrogens (tertiary/aromatic N) is 1. The molecule has 2 aromatic rings. The van der Waals surface area contributed by atoms with Gasteiger partial charge >= 0.3 is 0 Å². The maximum Gasteiger partial charge on any atom is 0.203 e. The first-order valence-electron chi connectivity index (χ1n) is 10.5. The second-order valence-corrected chi connectivity index (χ2v) is 8.42. The van der Waals surface area contributed by atoms with E-state index in [4.69, 9.17) is 26.4 Å². The van der Waals surface area contributed by atoms with Crippen molar-refractivity contribution in [1.82, 2.24) is 4.98 Å². The van der Waals surface area contributed by atoms with E-state index in [9.17, 15) is 4.79 Å². The number of aromatic nitrogens is 1. The molecule has 0 bridgehead atoms. The number of ether oxygens (including phenoxy) is 3. The largest absolute Gasteiger partial charge is 0.493 e. The van der Waals surface area contributed by atoms with Gasteiger partial charge in [-0.1, -0.05) is 24.4 Å². The van der Waals surface area contributed by atoms with Gasteiger partial charge in [0.2, 0.25) is 5.75 Å². The van der Waals surface area contributed by atoms with E-state index in [1.54, 1.807) is 39.7 Å². The van der Waals surface area contributed by atoms with Gasteiger partial charge in [-0.05, 0) is 71.4 Å². The molecule has 3 rings (SSSR count). The highest BCUT2D eigenvalue weighted by atomic mass is 32.1. The summed E-state index contributed by atoms with van der Waals surface area (Å²) in [6, 6.07) is 7.61. The zero-order valence-electron chi connectivity index (χ0n) is 18.3. The van der Waals surface area contributed by atoms with Crippen LogP contribution in [0.25, 0.3) is 6.08 Å². The predicted octanol–water partition coefficient (Wildman–Crippen LogP) is 5.11. The summed E-state index contributed by atoms with van der Waals surface area (Å²) >= 11 is 5.64. The summed E-state index contributed by atoms with van der Waals surface area (Å²) in [5, 5.41) is 0. The molecule has 0 amide bonds. The number of methoxy groups -OCH3 is 3. The lowest BCUT2D eigenvalue weighted by molar-refractivity contribution is -0.115. The quantitative estimate of drug-likeness (QED) is 0.338. The van der Waals surface area contributed by atoms with Crippen molar-refractivity contribution in [2.75, 3.05) is 21.3 Å². The summed E-state index contributed by atoms with van der Waals surface area (Å²) in [4.78, 5) is 17.8. The van der Waals surface area contributed by atoms with Gasteiger partial charge in [0.25, 0.3) is 0 Å². The van der Waals surface area contributed by atoms with Gasteiger partial charge in [-0.15, -0.1) is 0 Å². The maximum atomic E-state index is 12.7. The van der Waals surface area contributed by atoms with Crippen molar-refractivity contribution in [3.63, 3.8) is 0 Å². The summed E-state index contributed by atoms with van der Waals surface area (Å²) in [7, 11) is 4.71. The first-order valence-corrected chi connectivity index (χ1v) is 10.9. The minimum Gasteiger partial charge on any atom is -0.493 e. The number of ketones is 1. The van der Waals surface area contributed by atoms with Crippen LogP contribution < -0.4 is 14.2 Å². The van der Waals surface area contributed by atoms with Crippen LogP contribution in [0.4, 0.5) is 0 Å². The van der Waals surface area contributed by atoms with Crippen LogP contribution in [0.5, 0.6) is 17.2 Å². The third-order valence-electron chi connectivity index (χ3n) is 5.51. The molecular weight excluding hydrogens is 410 g/mol. The van der Waals surface area contributed by atoms with E-state index in [1.807, 2.05) is 30.5 Å². The number of thiocarbonyl (C=S) groups is 1. The first kappa shape index (κ1) is 22.9. The molecule has 31 heavy (non-hydrogen) atoms. The van der Waals surface area contributed by atoms with Crippen molar-refractivity contribution in [2.45, 2.75) is 32.1 Å². The van der Waals surface area contributed by atoms with Crippen molar-refractivity contribution in [3.05, 3.63) is 53.9 Å². The van der Waals surface area contributed by atoms with Gasteiger partial charge in [-0.2, -0.15) is 0 Å². The molecule has 1 unspecified atom stereocenters. The van der Waals surface area contributed by atoms with Gasteiger partial charge in [0.1, 0.15) is 0 Å². The second-order valence-electron chi connectivity index (χ2n) is 7.84. The Morgan fingerprint density at radius 3 is 2.42 bits per heavy atom. The number of carbonyl (C=O) groups is 1. The Morgan fingerprint density at radius 2 is 1.87 bits per heavy atom. The molecule has 0 radical (unpaired) electrons. The molecule has 1 saturated carbocycles. The summed E-state index contributed by atoms with van der Waals surface area (Å²) in [5.74, 6) is 2.67. The summed E-state index contributed by atoms with van der Waals surface area (Å²) in [6.07, 6.45) is 11.5. The van der Waals surface area contributed by atoms with Crippen molar-refractivity contribution in [3.8, 4) is 17.2 Å². The molecule has 164 valence electrons. The zero-order valence-corrected chi connectivity index (χ0v) is 19.1. The van der Waals surface area contributed by atoms with Crippen molar-refractivity contribution in [2.24, 2.45) is 11.8 Å². The number of carbonyl (C=O) groups excluding carboxylic acids is 1. The molecule has 1 aliphatic carbocycles. The molecule has 1 aromatic heterocycles. The van der Waals surface area contributed by atoms with Gasteiger partial charge in [0.15, 0.2) is 17.3 Å². The Morgan fingerprint density at radius 1 is 1.16 bits per heavy atom. The van der Waals surface area contributed by atoms with Gasteiger partial charge in [0.05, 0.1) is 21.3 Å². The van der Waals surface area contributed by atoms with Crippen LogP contribution in [0.15, 0.2) is 42.7 Å². The van der Waals surface area contributed by atoms with E-state index in [2.05, 4.69) is 4.98 Å². The number of pyridine rings is 1. The van der Waals surface area contributed by atoms with Crippen LogP contribution in [-0.4, -0.2) is 37.0 Å². The van der Waals surface area contributed by atoms with E-state index in [0.29, 0.717) is 35.5 Å². The molecule has 6 heteroatoms. The van der Waals surface area contributed by atoms with E-state index in [1.165, 1.54) is 12.8 Å². The fourth-order valence-corrected chi connectivity index (χ4v) is 4.16. The normalized spacial score (nSPS) is 14.3. The first-order chi connectivity index (χ1) is 15.0. The van der Waals surface area contributed by atoms with Crippen LogP contribution in [0, 0.1) is 11.8 Å². The number of hydrogen-bond donors (Lipinski definition) is 0. The van der Waals surface area contributed by atoms with Gasteiger partial charge in [0, 0.05) is 25.2 Å². The van der Waals surface area contributed by atoms with Gasteiger partial charge < -0.3 is 14.2 Å². The molecule has 0 aliphatic heterocycles.